The van der Waals surface area contributed by atoms with Crippen LogP contribution in [0.2, 0.25) is 0 Å². The molecule has 0 unspecified atom stereocenters. The van der Waals surface area contributed by atoms with Gasteiger partial charge in [-0.05, 0) is 34.8 Å². The van der Waals surface area contributed by atoms with Gasteiger partial charge in [-0.3, -0.25) is 0 Å². The summed E-state index contributed by atoms with van der Waals surface area (Å²) in [6.07, 6.45) is -2.46. The SMILES string of the molecule is Fc1c(F)c(F)c([B-](c2c(F)c(F)c(F)c(F)c2F)(c2c(F)c(F)c(F)c(F)c2F)c2c(F)c(F)c(F)c(F)c2F)c(F)c1F.O=C(OC(Cl)(Cl)Cl)c1c[n+](Cc2ccccc2)ccn1. The largest absolute Gasteiger partial charge is 0.410 e. The Morgan fingerprint density at radius 1 is 0.477 bits per heavy atom. The van der Waals surface area contributed by atoms with Crippen molar-refractivity contribution < 1.29 is 102 Å². The number of hydrogen-bond acceptors (Lipinski definition) is 3. The Hall–Kier alpha value is -5.82. The Labute approximate surface area is 362 Å². The standard InChI is InChI=1S/C24BF20.C13H10Cl3N2O2/c26-5-1(6(27)14(35)21(42)13(5)34)25(2-7(28)15(36)22(43)16(37)8(2)29,3-9(30)17(38)23(44)18(39)10(3)31)4-11(32)19(40)24(45)20(41)12(4)33;14-13(15,16)20-12(19)11-9-18(7-6-17-11)8-10-4-2-1-3-5-10/h;1-7,9H,8H2/q-1;+1. The van der Waals surface area contributed by atoms with Gasteiger partial charge >= 0.3 is 9.95 Å². The zero-order chi connectivity index (χ0) is 48.9. The molecule has 0 saturated carbocycles. The van der Waals surface area contributed by atoms with Crippen LogP contribution in [0.5, 0.6) is 0 Å². The first kappa shape index (κ1) is 50.2. The molecule has 0 aliphatic heterocycles. The van der Waals surface area contributed by atoms with Crippen molar-refractivity contribution in [3.8, 4) is 0 Å². The summed E-state index contributed by atoms with van der Waals surface area (Å²) in [5.41, 5.74) is -13.2. The highest BCUT2D eigenvalue weighted by Crippen LogP contribution is 2.31. The lowest BCUT2D eigenvalue weighted by Gasteiger charge is -2.44. The summed E-state index contributed by atoms with van der Waals surface area (Å²) in [5.74, 6) is -72.2. The summed E-state index contributed by atoms with van der Waals surface area (Å²) in [6, 6.07) is 9.77. The molecule has 0 saturated heterocycles. The fourth-order valence-corrected chi connectivity index (χ4v) is 6.67. The van der Waals surface area contributed by atoms with E-state index in [1.807, 2.05) is 30.3 Å². The van der Waals surface area contributed by atoms with Crippen molar-refractivity contribution in [3.63, 3.8) is 0 Å². The number of carbonyl (C=O) groups excluding carboxylic acids is 1. The topological polar surface area (TPSA) is 43.1 Å². The Morgan fingerprint density at radius 2 is 0.754 bits per heavy atom. The summed E-state index contributed by atoms with van der Waals surface area (Å²) >= 11 is 16.2. The van der Waals surface area contributed by atoms with E-state index in [-0.39, 0.29) is 5.69 Å². The monoisotopic (exact) mass is 1010 g/mol. The first-order valence-corrected chi connectivity index (χ1v) is 17.7. The van der Waals surface area contributed by atoms with Crippen LogP contribution in [0.1, 0.15) is 16.1 Å². The summed E-state index contributed by atoms with van der Waals surface area (Å²) < 4.78 is 298. The molecule has 4 nitrogen and oxygen atoms in total. The van der Waals surface area contributed by atoms with E-state index in [9.17, 15) is 57.5 Å². The summed E-state index contributed by atoms with van der Waals surface area (Å²) in [4.78, 5) is 15.6. The lowest BCUT2D eigenvalue weighted by Crippen LogP contribution is -2.81. The molecule has 0 radical (unpaired) electrons. The second-order valence-electron chi connectivity index (χ2n) is 12.7. The molecule has 0 amide bonds. The fraction of sp³-hybridized carbons (Fsp3) is 0.0541. The quantitative estimate of drug-likeness (QED) is 0.0306. The van der Waals surface area contributed by atoms with Gasteiger partial charge in [-0.2, -0.15) is 4.57 Å². The summed E-state index contributed by atoms with van der Waals surface area (Å²) in [5, 5.41) is 0. The van der Waals surface area contributed by atoms with Crippen LogP contribution in [0.4, 0.5) is 87.8 Å². The van der Waals surface area contributed by atoms with E-state index < -0.39 is 154 Å². The molecule has 344 valence electrons. The van der Waals surface area contributed by atoms with Crippen LogP contribution in [-0.4, -0.2) is 21.1 Å². The second kappa shape index (κ2) is 18.6. The fourth-order valence-electron chi connectivity index (χ4n) is 6.46. The van der Waals surface area contributed by atoms with Gasteiger partial charge in [0.05, 0.1) is 6.20 Å². The minimum atomic E-state index is -7.22. The van der Waals surface area contributed by atoms with Gasteiger partial charge in [0, 0.05) is 5.56 Å². The average molecular weight is 1010 g/mol. The van der Waals surface area contributed by atoms with E-state index in [1.165, 1.54) is 12.4 Å². The number of carbonyl (C=O) groups is 1. The molecule has 65 heavy (non-hydrogen) atoms. The number of esters is 1. The van der Waals surface area contributed by atoms with Crippen molar-refractivity contribution >= 4 is 68.8 Å². The minimum Gasteiger partial charge on any atom is -0.410 e. The van der Waals surface area contributed by atoms with E-state index >= 15 is 35.1 Å². The predicted octanol–water partition coefficient (Wildman–Crippen LogP) is 8.75. The zero-order valence-corrected chi connectivity index (χ0v) is 32.6. The highest BCUT2D eigenvalue weighted by molar-refractivity contribution is 7.20. The van der Waals surface area contributed by atoms with Crippen molar-refractivity contribution in [2.75, 3.05) is 0 Å². The van der Waals surface area contributed by atoms with Crippen LogP contribution in [-0.2, 0) is 11.3 Å². The van der Waals surface area contributed by atoms with Gasteiger partial charge < -0.3 is 4.74 Å². The Kier molecular flexibility index (Phi) is 14.3. The van der Waals surface area contributed by atoms with Crippen LogP contribution in [0.15, 0.2) is 48.9 Å². The van der Waals surface area contributed by atoms with Crippen LogP contribution in [0, 0.1) is 116 Å². The molecule has 1 aromatic heterocycles. The van der Waals surface area contributed by atoms with Crippen molar-refractivity contribution in [1.82, 2.24) is 4.98 Å². The lowest BCUT2D eigenvalue weighted by molar-refractivity contribution is -0.689. The van der Waals surface area contributed by atoms with Crippen molar-refractivity contribution in [2.45, 2.75) is 10.5 Å². The number of benzene rings is 5. The van der Waals surface area contributed by atoms with Crippen molar-refractivity contribution in [2.24, 2.45) is 0 Å². The predicted molar refractivity (Wildman–Crippen MR) is 185 cm³/mol. The molecular weight excluding hydrogens is 1000 g/mol. The molecule has 0 atom stereocenters. The van der Waals surface area contributed by atoms with E-state index in [4.69, 9.17) is 34.8 Å². The molecule has 6 aromatic rings. The molecule has 1 heterocycles. The van der Waals surface area contributed by atoms with Gasteiger partial charge in [0.25, 0.3) is 0 Å². The number of ether oxygens (including phenoxy) is 1. The molecule has 28 heteroatoms. The normalized spacial score (nSPS) is 11.7. The molecule has 0 spiro atoms. The number of nitrogens with zero attached hydrogens (tertiary/aromatic N) is 2. The van der Waals surface area contributed by atoms with E-state index in [1.54, 1.807) is 10.8 Å². The maximum atomic E-state index is 15.4. The van der Waals surface area contributed by atoms with Gasteiger partial charge in [0.2, 0.25) is 11.9 Å². The van der Waals surface area contributed by atoms with Gasteiger partial charge in [0.1, 0.15) is 52.7 Å². The average Bonchev–Trinajstić information content (AvgIpc) is 3.26. The second-order valence-corrected chi connectivity index (χ2v) is 14.9. The molecule has 0 aliphatic carbocycles. The Balaban J connectivity index is 0.000000330. The smallest absolute Gasteiger partial charge is 0.366 e. The number of aromatic nitrogens is 2. The van der Waals surface area contributed by atoms with E-state index in [0.29, 0.717) is 6.54 Å². The molecule has 5 aromatic carbocycles. The number of rotatable bonds is 7. The van der Waals surface area contributed by atoms with Crippen LogP contribution < -0.4 is 26.4 Å². The lowest BCUT2D eigenvalue weighted by atomic mass is 9.12. The third-order valence-electron chi connectivity index (χ3n) is 9.09. The number of alkyl halides is 3. The minimum absolute atomic E-state index is 0.0646. The molecule has 0 fully saturated rings. The van der Waals surface area contributed by atoms with Crippen LogP contribution >= 0.6 is 34.8 Å². The number of halogens is 23. The van der Waals surface area contributed by atoms with Gasteiger partial charge in [-0.1, -0.05) is 30.3 Å². The van der Waals surface area contributed by atoms with Crippen LogP contribution in [0.3, 0.4) is 0 Å². The molecule has 6 rings (SSSR count). The Bertz CT molecular complexity index is 2530. The van der Waals surface area contributed by atoms with Gasteiger partial charge in [0.15, 0.2) is 82.5 Å². The highest BCUT2D eigenvalue weighted by Gasteiger charge is 2.52. The van der Waals surface area contributed by atoms with Gasteiger partial charge in [-0.25, -0.2) is 97.6 Å². The summed E-state index contributed by atoms with van der Waals surface area (Å²) in [6.45, 7) is 0.595. The first-order valence-electron chi connectivity index (χ1n) is 16.6. The molecule has 0 aliphatic rings. The van der Waals surface area contributed by atoms with Crippen LogP contribution in [0.25, 0.3) is 0 Å². The van der Waals surface area contributed by atoms with Gasteiger partial charge in [-0.15, -0.1) is 21.9 Å². The maximum absolute atomic E-state index is 15.4. The third-order valence-corrected chi connectivity index (χ3v) is 9.32. The molecule has 0 bridgehead atoms. The highest BCUT2D eigenvalue weighted by atomic mass is 35.6. The maximum Gasteiger partial charge on any atom is 0.366 e. The molecule has 0 N–H and O–H groups in total. The number of hydrogen-bond donors (Lipinski definition) is 0. The van der Waals surface area contributed by atoms with E-state index in [0.717, 1.165) is 5.56 Å². The van der Waals surface area contributed by atoms with Crippen molar-refractivity contribution in [1.29, 1.82) is 0 Å². The third kappa shape index (κ3) is 8.71. The summed E-state index contributed by atoms with van der Waals surface area (Å²) in [7, 11) is 0. The first-order chi connectivity index (χ1) is 30.1. The van der Waals surface area contributed by atoms with E-state index in [2.05, 4.69) is 9.72 Å². The Morgan fingerprint density at radius 3 is 1.03 bits per heavy atom. The molecular formula is C37H10BCl3F20N2O2. The zero-order valence-electron chi connectivity index (χ0n) is 30.3. The van der Waals surface area contributed by atoms with Crippen molar-refractivity contribution in [3.05, 3.63) is 177 Å².